The summed E-state index contributed by atoms with van der Waals surface area (Å²) in [5.41, 5.74) is 1.20. The van der Waals surface area contributed by atoms with E-state index in [9.17, 15) is 9.59 Å². The lowest BCUT2D eigenvalue weighted by atomic mass is 10.2. The van der Waals surface area contributed by atoms with Gasteiger partial charge in [-0.1, -0.05) is 0 Å². The minimum atomic E-state index is -1.35. The molecule has 2 aromatic heterocycles. The monoisotopic (exact) mass is 282 g/mol. The largest absolute Gasteiger partial charge is 0.476 e. The number of benzene rings is 1. The first-order valence-electron chi connectivity index (χ1n) is 6.11. The van der Waals surface area contributed by atoms with Crippen molar-refractivity contribution in [2.45, 2.75) is 6.92 Å². The molecule has 104 valence electrons. The van der Waals surface area contributed by atoms with Gasteiger partial charge in [0.15, 0.2) is 0 Å². The van der Waals surface area contributed by atoms with Gasteiger partial charge in [0, 0.05) is 24.2 Å². The molecule has 0 saturated heterocycles. The maximum atomic E-state index is 11.7. The molecule has 0 aliphatic rings. The van der Waals surface area contributed by atoms with E-state index >= 15 is 0 Å². The molecule has 0 fully saturated rings. The summed E-state index contributed by atoms with van der Waals surface area (Å²) in [5.74, 6) is -1.35. The predicted molar refractivity (Wildman–Crippen MR) is 74.6 cm³/mol. The van der Waals surface area contributed by atoms with E-state index in [2.05, 4.69) is 15.1 Å². The Bertz CT molecular complexity index is 917. The minimum Gasteiger partial charge on any atom is -0.476 e. The van der Waals surface area contributed by atoms with Crippen LogP contribution in [0, 0.1) is 6.92 Å². The third-order valence-corrected chi connectivity index (χ3v) is 3.02. The first kappa shape index (κ1) is 12.9. The second-order valence-electron chi connectivity index (χ2n) is 4.47. The first-order valence-corrected chi connectivity index (χ1v) is 6.11. The van der Waals surface area contributed by atoms with Gasteiger partial charge in [-0.3, -0.25) is 14.8 Å². The molecule has 0 spiro atoms. The Hall–Kier alpha value is -3.09. The number of hydrogen-bond donors (Lipinski definition) is 1. The van der Waals surface area contributed by atoms with Crippen LogP contribution in [-0.4, -0.2) is 30.8 Å². The summed E-state index contributed by atoms with van der Waals surface area (Å²) >= 11 is 0. The Morgan fingerprint density at radius 2 is 1.90 bits per heavy atom. The van der Waals surface area contributed by atoms with Gasteiger partial charge in [0.05, 0.1) is 16.7 Å². The van der Waals surface area contributed by atoms with Crippen LogP contribution in [0.4, 0.5) is 0 Å². The highest BCUT2D eigenvalue weighted by Gasteiger charge is 2.14. The van der Waals surface area contributed by atoms with Gasteiger partial charge in [-0.25, -0.2) is 9.48 Å². The highest BCUT2D eigenvalue weighted by Crippen LogP contribution is 2.14. The molecule has 21 heavy (non-hydrogen) atoms. The lowest BCUT2D eigenvalue weighted by Gasteiger charge is -2.08. The van der Waals surface area contributed by atoms with Gasteiger partial charge in [-0.2, -0.15) is 5.10 Å². The van der Waals surface area contributed by atoms with E-state index in [1.165, 1.54) is 10.9 Å². The first-order chi connectivity index (χ1) is 10.1. The Balaban J connectivity index is 2.22. The highest BCUT2D eigenvalue weighted by atomic mass is 16.4. The van der Waals surface area contributed by atoms with Gasteiger partial charge in [0.1, 0.15) is 0 Å². The number of carbonyl (C=O) groups is 1. The number of nitrogens with zero attached hydrogens (tertiary/aromatic N) is 4. The topological polar surface area (TPSA) is 98.0 Å². The van der Waals surface area contributed by atoms with Gasteiger partial charge >= 0.3 is 5.97 Å². The third kappa shape index (κ3) is 2.25. The number of carboxylic acids is 1. The van der Waals surface area contributed by atoms with Crippen molar-refractivity contribution < 1.29 is 9.90 Å². The maximum Gasteiger partial charge on any atom is 0.360 e. The zero-order valence-electron chi connectivity index (χ0n) is 11.0. The molecule has 0 bridgehead atoms. The van der Waals surface area contributed by atoms with Crippen LogP contribution in [0.1, 0.15) is 16.1 Å². The number of aromatic carboxylic acids is 1. The van der Waals surface area contributed by atoms with E-state index < -0.39 is 17.1 Å². The van der Waals surface area contributed by atoms with Crippen LogP contribution in [0.2, 0.25) is 0 Å². The number of hydrogen-bond acceptors (Lipinski definition) is 5. The standard InChI is InChI=1S/C14H10N4O3/c1-8-7-18(17-12(13(8)19)14(20)21)9-2-3-10-11(6-9)16-5-4-15-10/h2-7H,1H3,(H,20,21). The molecule has 0 unspecified atom stereocenters. The number of carboxylic acid groups (broad SMARTS) is 1. The highest BCUT2D eigenvalue weighted by molar-refractivity contribution is 5.85. The molecular formula is C14H10N4O3. The Morgan fingerprint density at radius 1 is 1.19 bits per heavy atom. The summed E-state index contributed by atoms with van der Waals surface area (Å²) in [6.45, 7) is 1.55. The molecule has 0 atom stereocenters. The summed E-state index contributed by atoms with van der Waals surface area (Å²) in [6, 6.07) is 5.22. The number of aryl methyl sites for hydroxylation is 1. The fourth-order valence-electron chi connectivity index (χ4n) is 1.98. The summed E-state index contributed by atoms with van der Waals surface area (Å²) in [6.07, 6.45) is 4.65. The number of rotatable bonds is 2. The van der Waals surface area contributed by atoms with Gasteiger partial charge < -0.3 is 5.11 Å². The summed E-state index contributed by atoms with van der Waals surface area (Å²) in [4.78, 5) is 31.1. The van der Waals surface area contributed by atoms with E-state index in [0.29, 0.717) is 16.8 Å². The van der Waals surface area contributed by atoms with Crippen molar-refractivity contribution >= 4 is 17.0 Å². The van der Waals surface area contributed by atoms with Crippen LogP contribution in [0.5, 0.6) is 0 Å². The van der Waals surface area contributed by atoms with E-state index in [0.717, 1.165) is 5.52 Å². The van der Waals surface area contributed by atoms with Gasteiger partial charge in [-0.15, -0.1) is 0 Å². The molecule has 7 heteroatoms. The molecule has 7 nitrogen and oxygen atoms in total. The fourth-order valence-corrected chi connectivity index (χ4v) is 1.98. The van der Waals surface area contributed by atoms with Crippen molar-refractivity contribution in [2.75, 3.05) is 0 Å². The zero-order valence-corrected chi connectivity index (χ0v) is 11.0. The van der Waals surface area contributed by atoms with Gasteiger partial charge in [-0.05, 0) is 25.1 Å². The quantitative estimate of drug-likeness (QED) is 0.758. The third-order valence-electron chi connectivity index (χ3n) is 3.02. The van der Waals surface area contributed by atoms with E-state index in [1.807, 2.05) is 0 Å². The second-order valence-corrected chi connectivity index (χ2v) is 4.47. The molecule has 1 aromatic carbocycles. The van der Waals surface area contributed by atoms with Crippen LogP contribution in [0.15, 0.2) is 41.6 Å². The molecule has 2 heterocycles. The lowest BCUT2D eigenvalue weighted by molar-refractivity contribution is 0.0686. The summed E-state index contributed by atoms with van der Waals surface area (Å²) in [7, 11) is 0. The van der Waals surface area contributed by atoms with Crippen LogP contribution < -0.4 is 5.43 Å². The van der Waals surface area contributed by atoms with Crippen molar-refractivity contribution in [1.82, 2.24) is 19.7 Å². The summed E-state index contributed by atoms with van der Waals surface area (Å²) in [5, 5.41) is 12.9. The zero-order chi connectivity index (χ0) is 15.0. The Labute approximate surface area is 118 Å². The average Bonchev–Trinajstić information content (AvgIpc) is 2.49. The Morgan fingerprint density at radius 3 is 2.62 bits per heavy atom. The van der Waals surface area contributed by atoms with Crippen molar-refractivity contribution in [3.63, 3.8) is 0 Å². The molecule has 0 saturated carbocycles. The summed E-state index contributed by atoms with van der Waals surface area (Å²) < 4.78 is 1.36. The molecule has 3 rings (SSSR count). The Kier molecular flexibility index (Phi) is 2.94. The lowest BCUT2D eigenvalue weighted by Crippen LogP contribution is -2.23. The van der Waals surface area contributed by atoms with Crippen molar-refractivity contribution in [2.24, 2.45) is 0 Å². The van der Waals surface area contributed by atoms with Crippen LogP contribution in [-0.2, 0) is 0 Å². The molecule has 1 N–H and O–H groups in total. The number of aromatic nitrogens is 4. The SMILES string of the molecule is Cc1cn(-c2ccc3nccnc3c2)nc(C(=O)O)c1=O. The predicted octanol–water partition coefficient (Wildman–Crippen LogP) is 1.18. The molecule has 0 aliphatic carbocycles. The molecule has 3 aromatic rings. The van der Waals surface area contributed by atoms with E-state index in [1.54, 1.807) is 37.5 Å². The van der Waals surface area contributed by atoms with Crippen molar-refractivity contribution in [3.05, 3.63) is 58.3 Å². The van der Waals surface area contributed by atoms with Crippen LogP contribution in [0.25, 0.3) is 16.7 Å². The minimum absolute atomic E-state index is 0.307. The smallest absolute Gasteiger partial charge is 0.360 e. The fraction of sp³-hybridized carbons (Fsp3) is 0.0714. The normalized spacial score (nSPS) is 10.7. The van der Waals surface area contributed by atoms with Crippen LogP contribution >= 0.6 is 0 Å². The van der Waals surface area contributed by atoms with Crippen LogP contribution in [0.3, 0.4) is 0 Å². The molecule has 0 radical (unpaired) electrons. The number of fused-ring (bicyclic) bond motifs is 1. The second kappa shape index (κ2) is 4.78. The van der Waals surface area contributed by atoms with E-state index in [-0.39, 0.29) is 0 Å². The van der Waals surface area contributed by atoms with Gasteiger partial charge in [0.25, 0.3) is 0 Å². The van der Waals surface area contributed by atoms with Crippen molar-refractivity contribution in [1.29, 1.82) is 0 Å². The molecule has 0 amide bonds. The average molecular weight is 282 g/mol. The maximum absolute atomic E-state index is 11.7. The molecule has 0 aliphatic heterocycles. The molecular weight excluding hydrogens is 272 g/mol. The van der Waals surface area contributed by atoms with E-state index in [4.69, 9.17) is 5.11 Å². The van der Waals surface area contributed by atoms with Gasteiger partial charge in [0.2, 0.25) is 11.1 Å². The van der Waals surface area contributed by atoms with Crippen molar-refractivity contribution in [3.8, 4) is 5.69 Å².